The van der Waals surface area contributed by atoms with Crippen molar-refractivity contribution in [2.24, 2.45) is 0 Å². The van der Waals surface area contributed by atoms with E-state index in [1.54, 1.807) is 19.1 Å². The number of benzene rings is 2. The number of nitrogens with zero attached hydrogens (tertiary/aromatic N) is 1. The van der Waals surface area contributed by atoms with Gasteiger partial charge >= 0.3 is 0 Å². The predicted octanol–water partition coefficient (Wildman–Crippen LogP) is 3.84. The minimum Gasteiger partial charge on any atom is -0.481 e. The first-order chi connectivity index (χ1) is 11.4. The first-order valence-corrected chi connectivity index (χ1v) is 7.39. The van der Waals surface area contributed by atoms with E-state index in [1.807, 2.05) is 19.1 Å². The van der Waals surface area contributed by atoms with Crippen molar-refractivity contribution in [3.63, 3.8) is 0 Å². The van der Waals surface area contributed by atoms with Crippen molar-refractivity contribution in [3.05, 3.63) is 64.0 Å². The Hall–Kier alpha value is -2.96. The van der Waals surface area contributed by atoms with E-state index >= 15 is 0 Å². The Morgan fingerprint density at radius 2 is 1.96 bits per heavy atom. The molecule has 0 aromatic heterocycles. The summed E-state index contributed by atoms with van der Waals surface area (Å²) < 4.78 is 19.4. The molecule has 1 unspecified atom stereocenters. The Bertz CT molecular complexity index is 747. The summed E-state index contributed by atoms with van der Waals surface area (Å²) in [5.74, 6) is -0.807. The van der Waals surface area contributed by atoms with Gasteiger partial charge in [-0.25, -0.2) is 4.39 Å². The van der Waals surface area contributed by atoms with Gasteiger partial charge in [0, 0.05) is 12.1 Å². The lowest BCUT2D eigenvalue weighted by molar-refractivity contribution is -0.384. The number of halogens is 1. The standard InChI is InChI=1S/C17H17FN2O4/c1-3-16(24-13-7-4-11(2)5-8-13)17(21)19-15-10-12(20(22)23)6-9-14(15)18/h4-10,16H,3H2,1-2H3,(H,19,21). The highest BCUT2D eigenvalue weighted by molar-refractivity contribution is 5.94. The SMILES string of the molecule is CCC(Oc1ccc(C)cc1)C(=O)Nc1cc([N+](=O)[O-])ccc1F. The molecule has 2 aromatic carbocycles. The van der Waals surface area contributed by atoms with E-state index in [0.717, 1.165) is 23.8 Å². The summed E-state index contributed by atoms with van der Waals surface area (Å²) in [7, 11) is 0. The second kappa shape index (κ2) is 7.54. The van der Waals surface area contributed by atoms with Crippen LogP contribution in [0.2, 0.25) is 0 Å². The van der Waals surface area contributed by atoms with E-state index in [-0.39, 0.29) is 11.4 Å². The Labute approximate surface area is 138 Å². The highest BCUT2D eigenvalue weighted by Crippen LogP contribution is 2.22. The van der Waals surface area contributed by atoms with E-state index in [4.69, 9.17) is 4.74 Å². The van der Waals surface area contributed by atoms with Gasteiger partial charge < -0.3 is 10.1 Å². The molecule has 1 atom stereocenters. The normalized spacial score (nSPS) is 11.6. The molecule has 126 valence electrons. The molecule has 1 amide bonds. The minimum absolute atomic E-state index is 0.250. The van der Waals surface area contributed by atoms with Crippen molar-refractivity contribution >= 4 is 17.3 Å². The molecule has 0 bridgehead atoms. The zero-order chi connectivity index (χ0) is 17.7. The van der Waals surface area contributed by atoms with Crippen molar-refractivity contribution in [2.45, 2.75) is 26.4 Å². The van der Waals surface area contributed by atoms with Gasteiger partial charge in [-0.3, -0.25) is 14.9 Å². The number of nitrogens with one attached hydrogen (secondary N) is 1. The van der Waals surface area contributed by atoms with Crippen LogP contribution in [0, 0.1) is 22.9 Å². The summed E-state index contributed by atoms with van der Waals surface area (Å²) in [5, 5.41) is 13.1. The monoisotopic (exact) mass is 332 g/mol. The number of hydrogen-bond donors (Lipinski definition) is 1. The quantitative estimate of drug-likeness (QED) is 0.644. The second-order valence-corrected chi connectivity index (χ2v) is 5.24. The van der Waals surface area contributed by atoms with Gasteiger partial charge in [0.1, 0.15) is 11.6 Å². The number of carbonyl (C=O) groups is 1. The molecule has 0 aliphatic rings. The molecule has 0 radical (unpaired) electrons. The maximum atomic E-state index is 13.8. The van der Waals surface area contributed by atoms with Crippen LogP contribution in [-0.2, 0) is 4.79 Å². The van der Waals surface area contributed by atoms with Crippen LogP contribution < -0.4 is 10.1 Å². The first kappa shape index (κ1) is 17.4. The van der Waals surface area contributed by atoms with E-state index in [2.05, 4.69) is 5.32 Å². The molecular weight excluding hydrogens is 315 g/mol. The lowest BCUT2D eigenvalue weighted by atomic mass is 10.2. The fourth-order valence-electron chi connectivity index (χ4n) is 2.04. The smallest absolute Gasteiger partial charge is 0.271 e. The number of carbonyl (C=O) groups excluding carboxylic acids is 1. The van der Waals surface area contributed by atoms with Crippen LogP contribution in [0.3, 0.4) is 0 Å². The van der Waals surface area contributed by atoms with Gasteiger partial charge in [0.15, 0.2) is 6.10 Å². The Kier molecular flexibility index (Phi) is 5.47. The van der Waals surface area contributed by atoms with Crippen molar-refractivity contribution in [1.29, 1.82) is 0 Å². The van der Waals surface area contributed by atoms with Crippen molar-refractivity contribution in [2.75, 3.05) is 5.32 Å². The lowest BCUT2D eigenvalue weighted by Crippen LogP contribution is -2.32. The largest absolute Gasteiger partial charge is 0.481 e. The third-order valence-electron chi connectivity index (χ3n) is 3.38. The molecule has 0 heterocycles. The average Bonchev–Trinajstić information content (AvgIpc) is 2.56. The number of anilines is 1. The van der Waals surface area contributed by atoms with Crippen LogP contribution >= 0.6 is 0 Å². The van der Waals surface area contributed by atoms with Crippen molar-refractivity contribution in [1.82, 2.24) is 0 Å². The highest BCUT2D eigenvalue weighted by atomic mass is 19.1. The number of hydrogen-bond acceptors (Lipinski definition) is 4. The summed E-state index contributed by atoms with van der Waals surface area (Å²) in [6.45, 7) is 3.68. The third-order valence-corrected chi connectivity index (χ3v) is 3.38. The van der Waals surface area contributed by atoms with E-state index in [1.165, 1.54) is 0 Å². The van der Waals surface area contributed by atoms with E-state index < -0.39 is 22.8 Å². The van der Waals surface area contributed by atoms with Gasteiger partial charge in [0.25, 0.3) is 11.6 Å². The van der Waals surface area contributed by atoms with Gasteiger partial charge in [-0.1, -0.05) is 24.6 Å². The maximum Gasteiger partial charge on any atom is 0.271 e. The van der Waals surface area contributed by atoms with E-state index in [9.17, 15) is 19.3 Å². The predicted molar refractivity (Wildman–Crippen MR) is 87.6 cm³/mol. The molecule has 0 saturated carbocycles. The number of rotatable bonds is 6. The van der Waals surface area contributed by atoms with Crippen LogP contribution in [0.15, 0.2) is 42.5 Å². The summed E-state index contributed by atoms with van der Waals surface area (Å²) in [5.41, 5.74) is 0.498. The molecule has 0 aliphatic carbocycles. The molecule has 0 spiro atoms. The zero-order valence-corrected chi connectivity index (χ0v) is 13.3. The molecule has 2 rings (SSSR count). The first-order valence-electron chi connectivity index (χ1n) is 7.39. The highest BCUT2D eigenvalue weighted by Gasteiger charge is 2.21. The average molecular weight is 332 g/mol. The topological polar surface area (TPSA) is 81.5 Å². The van der Waals surface area contributed by atoms with Crippen LogP contribution in [0.1, 0.15) is 18.9 Å². The van der Waals surface area contributed by atoms with Gasteiger partial charge in [-0.05, 0) is 31.5 Å². The Morgan fingerprint density at radius 1 is 1.29 bits per heavy atom. The van der Waals surface area contributed by atoms with Crippen LogP contribution in [0.25, 0.3) is 0 Å². The molecule has 2 aromatic rings. The minimum atomic E-state index is -0.841. The Morgan fingerprint density at radius 3 is 2.54 bits per heavy atom. The van der Waals surface area contributed by atoms with Gasteiger partial charge in [0.05, 0.1) is 10.6 Å². The van der Waals surface area contributed by atoms with E-state index in [0.29, 0.717) is 12.2 Å². The molecular formula is C17H17FN2O4. The summed E-state index contributed by atoms with van der Waals surface area (Å²) in [6.07, 6.45) is -0.484. The van der Waals surface area contributed by atoms with Crippen LogP contribution in [-0.4, -0.2) is 16.9 Å². The fourth-order valence-corrected chi connectivity index (χ4v) is 2.04. The molecule has 7 heteroatoms. The third kappa shape index (κ3) is 4.28. The summed E-state index contributed by atoms with van der Waals surface area (Å²) >= 11 is 0. The Balaban J connectivity index is 2.13. The summed E-state index contributed by atoms with van der Waals surface area (Å²) in [6, 6.07) is 10.1. The van der Waals surface area contributed by atoms with Gasteiger partial charge in [-0.2, -0.15) is 0 Å². The molecule has 0 saturated heterocycles. The number of aryl methyl sites for hydroxylation is 1. The fraction of sp³-hybridized carbons (Fsp3) is 0.235. The molecule has 0 aliphatic heterocycles. The van der Waals surface area contributed by atoms with Crippen molar-refractivity contribution in [3.8, 4) is 5.75 Å². The number of non-ortho nitro benzene ring substituents is 1. The van der Waals surface area contributed by atoms with Gasteiger partial charge in [0.2, 0.25) is 0 Å². The number of nitro groups is 1. The zero-order valence-electron chi connectivity index (χ0n) is 13.3. The molecule has 6 nitrogen and oxygen atoms in total. The van der Waals surface area contributed by atoms with Crippen molar-refractivity contribution < 1.29 is 18.8 Å². The molecule has 24 heavy (non-hydrogen) atoms. The number of ether oxygens (including phenoxy) is 1. The lowest BCUT2D eigenvalue weighted by Gasteiger charge is -2.17. The van der Waals surface area contributed by atoms with Gasteiger partial charge in [-0.15, -0.1) is 0 Å². The molecule has 0 fully saturated rings. The van der Waals surface area contributed by atoms with Crippen LogP contribution in [0.4, 0.5) is 15.8 Å². The number of nitro benzene ring substituents is 1. The maximum absolute atomic E-state index is 13.8. The second-order valence-electron chi connectivity index (χ2n) is 5.24. The van der Waals surface area contributed by atoms with Crippen LogP contribution in [0.5, 0.6) is 5.75 Å². The summed E-state index contributed by atoms with van der Waals surface area (Å²) in [4.78, 5) is 22.4. The number of amides is 1. The molecule has 1 N–H and O–H groups in total.